The fraction of sp³-hybridized carbons (Fsp3) is 0.143. The van der Waals surface area contributed by atoms with Gasteiger partial charge in [-0.2, -0.15) is 4.39 Å². The van der Waals surface area contributed by atoms with Gasteiger partial charge in [0.25, 0.3) is 0 Å². The summed E-state index contributed by atoms with van der Waals surface area (Å²) in [5.41, 5.74) is 2.36. The van der Waals surface area contributed by atoms with Crippen molar-refractivity contribution in [3.63, 3.8) is 0 Å². The molecule has 0 heterocycles. The van der Waals surface area contributed by atoms with E-state index in [0.29, 0.717) is 5.56 Å². The highest BCUT2D eigenvalue weighted by atomic mass is 19.1. The molecule has 1 rings (SSSR count). The molecule has 0 aliphatic rings. The van der Waals surface area contributed by atoms with E-state index in [1.54, 1.807) is 0 Å². The average Bonchev–Trinajstić information content (AvgIpc) is 2.04. The Morgan fingerprint density at radius 2 is 2.31 bits per heavy atom. The minimum absolute atomic E-state index is 0.273. The van der Waals surface area contributed by atoms with E-state index in [2.05, 4.69) is 5.43 Å². The molecular weight excluding hydrogens is 177 g/mol. The van der Waals surface area contributed by atoms with E-state index >= 15 is 0 Å². The van der Waals surface area contributed by atoms with Crippen LogP contribution in [0.4, 0.5) is 10.1 Å². The number of hydrogen-bond donors (Lipinski definition) is 2. The molecule has 0 unspecified atom stereocenters. The molecular formula is C7H8FN3O2. The molecule has 1 aromatic carbocycles. The van der Waals surface area contributed by atoms with Crippen molar-refractivity contribution in [3.8, 4) is 0 Å². The van der Waals surface area contributed by atoms with Gasteiger partial charge in [0.05, 0.1) is 4.92 Å². The maximum atomic E-state index is 12.9. The molecule has 3 N–H and O–H groups in total. The highest BCUT2D eigenvalue weighted by Gasteiger charge is 2.12. The van der Waals surface area contributed by atoms with Crippen molar-refractivity contribution in [1.29, 1.82) is 0 Å². The van der Waals surface area contributed by atoms with E-state index < -0.39 is 16.4 Å². The second-order valence-corrected chi connectivity index (χ2v) is 2.42. The standard InChI is InChI=1S/C7H8FN3O2/c8-6-3-5(4-10-9)1-2-7(6)11(12)13/h1-3,10H,4,9H2. The Morgan fingerprint density at radius 3 is 2.77 bits per heavy atom. The number of nitro benzene ring substituents is 1. The van der Waals surface area contributed by atoms with E-state index in [-0.39, 0.29) is 6.54 Å². The number of halogens is 1. The summed E-state index contributed by atoms with van der Waals surface area (Å²) in [6, 6.07) is 3.64. The first-order chi connectivity index (χ1) is 6.15. The summed E-state index contributed by atoms with van der Waals surface area (Å²) in [6.45, 7) is 0.273. The van der Waals surface area contributed by atoms with Crippen LogP contribution in [-0.2, 0) is 6.54 Å². The maximum Gasteiger partial charge on any atom is 0.304 e. The molecule has 0 aromatic heterocycles. The van der Waals surface area contributed by atoms with E-state index in [9.17, 15) is 14.5 Å². The van der Waals surface area contributed by atoms with Gasteiger partial charge in [0, 0.05) is 12.6 Å². The summed E-state index contributed by atoms with van der Waals surface area (Å²) in [6.07, 6.45) is 0. The number of nitrogens with two attached hydrogens (primary N) is 1. The zero-order valence-electron chi connectivity index (χ0n) is 6.66. The molecule has 70 valence electrons. The van der Waals surface area contributed by atoms with Gasteiger partial charge in [0.1, 0.15) is 0 Å². The minimum atomic E-state index is -0.849. The Hall–Kier alpha value is -1.53. The molecule has 5 nitrogen and oxygen atoms in total. The maximum absolute atomic E-state index is 12.9. The zero-order valence-corrected chi connectivity index (χ0v) is 6.66. The Balaban J connectivity index is 2.98. The molecule has 0 atom stereocenters. The van der Waals surface area contributed by atoms with Crippen LogP contribution < -0.4 is 11.3 Å². The fourth-order valence-corrected chi connectivity index (χ4v) is 0.926. The lowest BCUT2D eigenvalue weighted by Crippen LogP contribution is -2.20. The van der Waals surface area contributed by atoms with Gasteiger partial charge in [0.2, 0.25) is 5.82 Å². The molecule has 0 radical (unpaired) electrons. The van der Waals surface area contributed by atoms with Crippen LogP contribution in [0, 0.1) is 15.9 Å². The molecule has 0 saturated carbocycles. The van der Waals surface area contributed by atoms with Crippen LogP contribution in [0.3, 0.4) is 0 Å². The van der Waals surface area contributed by atoms with Crippen molar-refractivity contribution < 1.29 is 9.31 Å². The van der Waals surface area contributed by atoms with Crippen LogP contribution in [0.15, 0.2) is 18.2 Å². The predicted molar refractivity (Wildman–Crippen MR) is 44.1 cm³/mol. The number of nitrogens with zero attached hydrogens (tertiary/aromatic N) is 1. The first kappa shape index (κ1) is 9.56. The molecule has 0 bridgehead atoms. The molecule has 13 heavy (non-hydrogen) atoms. The summed E-state index contributed by atoms with van der Waals surface area (Å²) in [5.74, 6) is 4.15. The highest BCUT2D eigenvalue weighted by molar-refractivity contribution is 5.34. The molecule has 0 aliphatic carbocycles. The van der Waals surface area contributed by atoms with Crippen molar-refractivity contribution in [1.82, 2.24) is 5.43 Å². The zero-order chi connectivity index (χ0) is 9.84. The van der Waals surface area contributed by atoms with Crippen LogP contribution in [-0.4, -0.2) is 4.92 Å². The lowest BCUT2D eigenvalue weighted by Gasteiger charge is -1.99. The molecule has 1 aromatic rings. The van der Waals surface area contributed by atoms with Gasteiger partial charge in [-0.25, -0.2) is 0 Å². The number of benzene rings is 1. The van der Waals surface area contributed by atoms with Crippen LogP contribution in [0.1, 0.15) is 5.56 Å². The quantitative estimate of drug-likeness (QED) is 0.412. The Kier molecular flexibility index (Phi) is 2.88. The van der Waals surface area contributed by atoms with Crippen LogP contribution in [0.25, 0.3) is 0 Å². The van der Waals surface area contributed by atoms with Gasteiger partial charge in [-0.05, 0) is 11.6 Å². The Morgan fingerprint density at radius 1 is 1.62 bits per heavy atom. The van der Waals surface area contributed by atoms with Gasteiger partial charge in [-0.1, -0.05) is 6.07 Å². The summed E-state index contributed by atoms with van der Waals surface area (Å²) in [7, 11) is 0. The first-order valence-electron chi connectivity index (χ1n) is 3.51. The van der Waals surface area contributed by atoms with Gasteiger partial charge >= 0.3 is 5.69 Å². The number of rotatable bonds is 3. The van der Waals surface area contributed by atoms with Crippen LogP contribution in [0.5, 0.6) is 0 Å². The Bertz CT molecular complexity index is 330. The normalized spacial score (nSPS) is 10.0. The van der Waals surface area contributed by atoms with Crippen LogP contribution >= 0.6 is 0 Å². The lowest BCUT2D eigenvalue weighted by molar-refractivity contribution is -0.387. The van der Waals surface area contributed by atoms with Crippen molar-refractivity contribution in [2.45, 2.75) is 6.54 Å². The number of hydrogen-bond acceptors (Lipinski definition) is 4. The third-order valence-electron chi connectivity index (χ3n) is 1.51. The second-order valence-electron chi connectivity index (χ2n) is 2.42. The summed E-state index contributed by atoms with van der Waals surface area (Å²) < 4.78 is 12.9. The van der Waals surface area contributed by atoms with Crippen molar-refractivity contribution in [2.75, 3.05) is 0 Å². The van der Waals surface area contributed by atoms with Crippen molar-refractivity contribution in [3.05, 3.63) is 39.7 Å². The molecule has 0 amide bonds. The number of nitro groups is 1. The Labute approximate surface area is 73.5 Å². The monoisotopic (exact) mass is 185 g/mol. The molecule has 0 fully saturated rings. The van der Waals surface area contributed by atoms with Gasteiger partial charge in [-0.3, -0.25) is 21.4 Å². The largest absolute Gasteiger partial charge is 0.304 e. The van der Waals surface area contributed by atoms with E-state index in [1.165, 1.54) is 6.07 Å². The second kappa shape index (κ2) is 3.92. The first-order valence-corrected chi connectivity index (χ1v) is 3.51. The molecule has 0 aliphatic heterocycles. The highest BCUT2D eigenvalue weighted by Crippen LogP contribution is 2.17. The SMILES string of the molecule is NNCc1ccc([N+](=O)[O-])c(F)c1. The van der Waals surface area contributed by atoms with E-state index in [4.69, 9.17) is 5.84 Å². The minimum Gasteiger partial charge on any atom is -0.271 e. The third kappa shape index (κ3) is 2.20. The number of hydrazine groups is 1. The van der Waals surface area contributed by atoms with Crippen LogP contribution in [0.2, 0.25) is 0 Å². The smallest absolute Gasteiger partial charge is 0.271 e. The fourth-order valence-electron chi connectivity index (χ4n) is 0.926. The number of nitrogens with one attached hydrogen (secondary N) is 1. The van der Waals surface area contributed by atoms with Gasteiger partial charge in [-0.15, -0.1) is 0 Å². The van der Waals surface area contributed by atoms with E-state index in [1.807, 2.05) is 0 Å². The average molecular weight is 185 g/mol. The molecule has 0 saturated heterocycles. The summed E-state index contributed by atoms with van der Waals surface area (Å²) >= 11 is 0. The topological polar surface area (TPSA) is 81.2 Å². The van der Waals surface area contributed by atoms with Gasteiger partial charge < -0.3 is 0 Å². The van der Waals surface area contributed by atoms with Crippen molar-refractivity contribution in [2.24, 2.45) is 5.84 Å². The lowest BCUT2D eigenvalue weighted by atomic mass is 10.2. The summed E-state index contributed by atoms with van der Waals surface area (Å²) in [4.78, 5) is 9.45. The van der Waals surface area contributed by atoms with E-state index in [0.717, 1.165) is 12.1 Å². The molecule has 0 spiro atoms. The van der Waals surface area contributed by atoms with Gasteiger partial charge in [0.15, 0.2) is 0 Å². The molecule has 6 heteroatoms. The third-order valence-corrected chi connectivity index (χ3v) is 1.51. The summed E-state index contributed by atoms with van der Waals surface area (Å²) in [5, 5.41) is 10.2. The van der Waals surface area contributed by atoms with Crippen molar-refractivity contribution >= 4 is 5.69 Å². The predicted octanol–water partition coefficient (Wildman–Crippen LogP) is 0.697.